The van der Waals surface area contributed by atoms with Crippen LogP contribution >= 0.6 is 0 Å². The van der Waals surface area contributed by atoms with Gasteiger partial charge in [-0.2, -0.15) is 0 Å². The second-order valence-electron chi connectivity index (χ2n) is 20.3. The first-order chi connectivity index (χ1) is 32.5. The van der Waals surface area contributed by atoms with Crippen LogP contribution in [0.5, 0.6) is 0 Å². The van der Waals surface area contributed by atoms with Crippen molar-refractivity contribution in [3.63, 3.8) is 0 Å². The van der Waals surface area contributed by atoms with Crippen LogP contribution in [0, 0.1) is 35.5 Å². The molecule has 0 aromatic rings. The molecule has 69 heavy (non-hydrogen) atoms. The maximum Gasteiger partial charge on any atom is 0.329 e. The van der Waals surface area contributed by atoms with Crippen molar-refractivity contribution in [2.24, 2.45) is 35.5 Å². The molecule has 0 aromatic heterocycles. The predicted molar refractivity (Wildman–Crippen MR) is 265 cm³/mol. The topological polar surface area (TPSA) is 218 Å². The molecule has 0 spiro atoms. The minimum Gasteiger partial charge on any atom is -0.617 e. The predicted octanol–water partition coefficient (Wildman–Crippen LogP) is 6.18. The molecule has 16 heteroatoms. The lowest BCUT2D eigenvalue weighted by Crippen LogP contribution is -2.61. The first-order valence-corrected chi connectivity index (χ1v) is 26.9. The van der Waals surface area contributed by atoms with Crippen LogP contribution in [0.4, 0.5) is 0 Å². The number of amides is 1. The summed E-state index contributed by atoms with van der Waals surface area (Å²) >= 11 is -0.611. The van der Waals surface area contributed by atoms with Gasteiger partial charge in [0.25, 0.3) is 11.7 Å². The molecule has 2 bridgehead atoms. The molecule has 3 heterocycles. The van der Waals surface area contributed by atoms with Crippen molar-refractivity contribution in [1.29, 1.82) is 0 Å². The smallest absolute Gasteiger partial charge is 0.329 e. The largest absolute Gasteiger partial charge is 0.617 e. The van der Waals surface area contributed by atoms with Crippen molar-refractivity contribution >= 4 is 40.4 Å². The van der Waals surface area contributed by atoms with E-state index in [0.717, 1.165) is 12.0 Å². The number of fused-ring (bicyclic) bond motifs is 3. The molecule has 1 saturated carbocycles. The molecule has 2 saturated heterocycles. The second kappa shape index (κ2) is 28.8. The Labute approximate surface area is 415 Å². The summed E-state index contributed by atoms with van der Waals surface area (Å²) in [6.07, 6.45) is 14.5. The number of methoxy groups -OCH3 is 3. The molecule has 392 valence electrons. The zero-order chi connectivity index (χ0) is 51.7. The van der Waals surface area contributed by atoms with Gasteiger partial charge in [-0.1, -0.05) is 82.3 Å². The molecule has 3 fully saturated rings. The highest BCUT2D eigenvalue weighted by atomic mass is 32.2. The fourth-order valence-corrected chi connectivity index (χ4v) is 10.1. The van der Waals surface area contributed by atoms with Crippen LogP contribution in [0.3, 0.4) is 0 Å². The van der Waals surface area contributed by atoms with Gasteiger partial charge in [-0.05, 0) is 107 Å². The molecule has 0 aromatic carbocycles. The third-order valence-corrected chi connectivity index (χ3v) is 14.5. The number of aliphatic hydroxyl groups is 3. The monoisotopic (exact) mass is 992 g/mol. The number of esters is 1. The van der Waals surface area contributed by atoms with E-state index in [-0.39, 0.29) is 54.8 Å². The first kappa shape index (κ1) is 60.2. The van der Waals surface area contributed by atoms with Gasteiger partial charge in [0.05, 0.1) is 36.9 Å². The molecule has 0 unspecified atom stereocenters. The number of carbonyl (C=O) groups excluding carboxylic acids is 5. The van der Waals surface area contributed by atoms with Crippen LogP contribution < -0.4 is 0 Å². The highest BCUT2D eigenvalue weighted by Crippen LogP contribution is 2.38. The van der Waals surface area contributed by atoms with E-state index in [1.807, 2.05) is 58.1 Å². The first-order valence-electron chi connectivity index (χ1n) is 24.9. The van der Waals surface area contributed by atoms with Gasteiger partial charge in [0.15, 0.2) is 5.78 Å². The quantitative estimate of drug-likeness (QED) is 0.117. The number of rotatable bonds is 6. The van der Waals surface area contributed by atoms with Crippen molar-refractivity contribution in [1.82, 2.24) is 4.90 Å². The Bertz CT molecular complexity index is 1810. The Balaban J connectivity index is 0.00000303. The Morgan fingerprint density at radius 3 is 2.19 bits per heavy atom. The highest BCUT2D eigenvalue weighted by Gasteiger charge is 2.53. The molecule has 3 N–H and O–H groups in total. The molecule has 4 rings (SSSR count). The van der Waals surface area contributed by atoms with E-state index >= 15 is 0 Å². The van der Waals surface area contributed by atoms with Crippen LogP contribution in [0.2, 0.25) is 0 Å². The third kappa shape index (κ3) is 17.6. The van der Waals surface area contributed by atoms with Crippen molar-refractivity contribution in [3.8, 4) is 0 Å². The second-order valence-corrected chi connectivity index (χ2v) is 21.8. The van der Waals surface area contributed by atoms with Crippen LogP contribution in [-0.4, -0.2) is 149 Å². The number of ketones is 3. The molecule has 0 radical (unpaired) electrons. The number of carbonyl (C=O) groups is 5. The number of nitrogens with zero attached hydrogens (tertiary/aromatic N) is 1. The third-order valence-electron chi connectivity index (χ3n) is 14.5. The van der Waals surface area contributed by atoms with E-state index in [0.29, 0.717) is 63.4 Å². The normalized spacial score (nSPS) is 38.6. The average molecular weight is 992 g/mol. The summed E-state index contributed by atoms with van der Waals surface area (Å²) in [6.45, 7) is 12.7. The summed E-state index contributed by atoms with van der Waals surface area (Å²) in [7, 11) is 4.52. The van der Waals surface area contributed by atoms with Gasteiger partial charge in [0.2, 0.25) is 5.79 Å². The van der Waals surface area contributed by atoms with E-state index in [4.69, 9.17) is 23.7 Å². The summed E-state index contributed by atoms with van der Waals surface area (Å²) in [5.41, 5.74) is 1.27. The van der Waals surface area contributed by atoms with Crippen LogP contribution in [0.15, 0.2) is 47.6 Å². The molecule has 4 aliphatic rings. The van der Waals surface area contributed by atoms with Crippen molar-refractivity contribution in [3.05, 3.63) is 47.6 Å². The van der Waals surface area contributed by atoms with E-state index in [2.05, 4.69) is 0 Å². The Kier molecular flexibility index (Phi) is 25.2. The van der Waals surface area contributed by atoms with Crippen molar-refractivity contribution < 1.29 is 67.5 Å². The number of allylic oxidation sites excluding steroid dienone is 6. The number of ether oxygens (including phenoxy) is 5. The minimum absolute atomic E-state index is 0.0193. The van der Waals surface area contributed by atoms with Crippen LogP contribution in [0.1, 0.15) is 126 Å². The van der Waals surface area contributed by atoms with E-state index in [1.54, 1.807) is 53.6 Å². The zero-order valence-electron chi connectivity index (χ0n) is 43.4. The van der Waals surface area contributed by atoms with Gasteiger partial charge in [-0.15, -0.1) is 0 Å². The molecule has 15 nitrogen and oxygen atoms in total. The van der Waals surface area contributed by atoms with Gasteiger partial charge < -0.3 is 48.5 Å². The Hall–Kier alpha value is -3.06. The minimum atomic E-state index is -2.43. The summed E-state index contributed by atoms with van der Waals surface area (Å²) in [4.78, 5) is 71.8. The number of hydrogen-bond acceptors (Lipinski definition) is 14. The molecule has 1 aliphatic carbocycles. The fraction of sp³-hybridized carbons (Fsp3) is 0.755. The SMILES string of the molecule is CO[C@H]1C[C@@H]2CC[C@@H](C)[C@@](O)(O2)C(=O)C(=O)N2CCCC[C@H]2C(=O)O[C@H]([C@H](C)C[C@@H]2CC[C@@H](O)[C@H](OC)C2)CC(=O)[C@H](C)/C=C(\C)[C@@H](O)[C@@H](OC)C(=O)[C@H](C)C[C@H](C)/C=C/C=C/C=C/1C.C[S+](C)[O-]. The van der Waals surface area contributed by atoms with Gasteiger partial charge in [0, 0.05) is 58.5 Å². The van der Waals surface area contributed by atoms with Crippen molar-refractivity contribution in [2.45, 2.75) is 180 Å². The van der Waals surface area contributed by atoms with Gasteiger partial charge in [0.1, 0.15) is 30.1 Å². The number of hydrogen-bond donors (Lipinski definition) is 3. The maximum absolute atomic E-state index is 14.4. The fourth-order valence-electron chi connectivity index (χ4n) is 10.1. The lowest BCUT2D eigenvalue weighted by molar-refractivity contribution is -0.265. The van der Waals surface area contributed by atoms with Crippen LogP contribution in [0.25, 0.3) is 0 Å². The molecule has 1 amide bonds. The van der Waals surface area contributed by atoms with E-state index in [9.17, 15) is 43.8 Å². The number of aliphatic hydroxyl groups excluding tert-OH is 2. The van der Waals surface area contributed by atoms with Crippen molar-refractivity contribution in [2.75, 3.05) is 40.4 Å². The van der Waals surface area contributed by atoms with Crippen LogP contribution in [-0.2, 0) is 58.8 Å². The van der Waals surface area contributed by atoms with E-state index < -0.39 is 95.0 Å². The Morgan fingerprint density at radius 1 is 0.870 bits per heavy atom. The summed E-state index contributed by atoms with van der Waals surface area (Å²) in [5, 5.41) is 33.8. The van der Waals surface area contributed by atoms with E-state index in [1.165, 1.54) is 12.0 Å². The molecule has 15 atom stereocenters. The summed E-state index contributed by atoms with van der Waals surface area (Å²) in [6, 6.07) is -1.14. The number of Topliss-reactive ketones (excluding diaryl/α,β-unsaturated/α-hetero) is 3. The molecule has 3 aliphatic heterocycles. The molecular weight excluding hydrogens is 907 g/mol. The van der Waals surface area contributed by atoms with Gasteiger partial charge >= 0.3 is 5.97 Å². The summed E-state index contributed by atoms with van der Waals surface area (Å²) < 4.78 is 38.9. The molecular formula is C53H85NO14S. The zero-order valence-corrected chi connectivity index (χ0v) is 44.2. The highest BCUT2D eigenvalue weighted by molar-refractivity contribution is 7.89. The number of piperidine rings is 1. The van der Waals surface area contributed by atoms with Gasteiger partial charge in [-0.3, -0.25) is 19.2 Å². The lowest BCUT2D eigenvalue weighted by Gasteiger charge is -2.42. The average Bonchev–Trinajstić information content (AvgIpc) is 3.30. The lowest BCUT2D eigenvalue weighted by atomic mass is 9.78. The maximum atomic E-state index is 14.4. The summed E-state index contributed by atoms with van der Waals surface area (Å²) in [5.74, 6) is -7.96. The Morgan fingerprint density at radius 2 is 1.55 bits per heavy atom. The number of cyclic esters (lactones) is 1. The van der Waals surface area contributed by atoms with Gasteiger partial charge in [-0.25, -0.2) is 4.79 Å². The standard InChI is InChI=1S/C51H79NO13.C2H6OS/c1-30-16-12-11-13-17-31(2)42(61-8)28-38-21-19-36(7)51(60,65-38)48(57)49(58)52-23-15-14-18-39(52)50(59)64-43(33(4)26-37-20-22-40(53)44(27-37)62-9)29-41(54)32(3)25-35(6)46(56)47(63-10)45(55)34(5)24-30;1-4(2)3/h11-13,16-17,25,30,32-34,36-40,42-44,46-47,53,56,60H,14-15,18-24,26-29H2,1-10H3;1-2H3/b13-11+,16-12+,31-17+,35-25+;/t30-,32-,33-,34-,36-,37+,38+,39+,40-,42+,43+,44-,46-,47+,51-;/m1./s1.